The van der Waals surface area contributed by atoms with E-state index in [1.54, 1.807) is 0 Å². The lowest BCUT2D eigenvalue weighted by molar-refractivity contribution is 0.258. The van der Waals surface area contributed by atoms with Crippen LogP contribution in [0.1, 0.15) is 75.8 Å². The molecule has 0 bridgehead atoms. The Labute approximate surface area is 130 Å². The van der Waals surface area contributed by atoms with E-state index >= 15 is 0 Å². The van der Waals surface area contributed by atoms with Crippen LogP contribution in [0, 0.1) is 23.2 Å². The maximum absolute atomic E-state index is 9.55. The summed E-state index contributed by atoms with van der Waals surface area (Å²) >= 11 is 0. The third-order valence-electron chi connectivity index (χ3n) is 5.04. The van der Waals surface area contributed by atoms with E-state index in [0.29, 0.717) is 5.92 Å². The topological polar surface area (TPSA) is 23.8 Å². The van der Waals surface area contributed by atoms with Gasteiger partial charge in [-0.2, -0.15) is 5.26 Å². The van der Waals surface area contributed by atoms with Crippen LogP contribution in [-0.4, -0.2) is 0 Å². The molecule has 1 fully saturated rings. The van der Waals surface area contributed by atoms with Gasteiger partial charge >= 0.3 is 0 Å². The van der Waals surface area contributed by atoms with Crippen LogP contribution in [0.3, 0.4) is 0 Å². The summed E-state index contributed by atoms with van der Waals surface area (Å²) in [6.07, 6.45) is 9.87. The first-order valence-electron chi connectivity index (χ1n) is 8.76. The summed E-state index contributed by atoms with van der Waals surface area (Å²) in [5.41, 5.74) is 2.81. The third-order valence-corrected chi connectivity index (χ3v) is 5.04. The number of aryl methyl sites for hydroxylation is 1. The van der Waals surface area contributed by atoms with Crippen molar-refractivity contribution in [2.24, 2.45) is 11.8 Å². The van der Waals surface area contributed by atoms with E-state index in [9.17, 15) is 5.26 Å². The van der Waals surface area contributed by atoms with Crippen molar-refractivity contribution < 1.29 is 0 Å². The molecule has 3 atom stereocenters. The normalized spacial score (nSPS) is 25.5. The summed E-state index contributed by atoms with van der Waals surface area (Å²) in [5.74, 6) is 1.46. The Hall–Kier alpha value is -1.29. The lowest BCUT2D eigenvalue weighted by Gasteiger charge is -2.33. The van der Waals surface area contributed by atoms with E-state index < -0.39 is 0 Å². The first-order valence-corrected chi connectivity index (χ1v) is 8.76. The second kappa shape index (κ2) is 8.23. The zero-order valence-corrected chi connectivity index (χ0v) is 13.6. The van der Waals surface area contributed by atoms with Gasteiger partial charge in [-0.3, -0.25) is 0 Å². The number of hydrogen-bond acceptors (Lipinski definition) is 1. The predicted molar refractivity (Wildman–Crippen MR) is 89.1 cm³/mol. The minimum absolute atomic E-state index is 0.220. The fourth-order valence-corrected chi connectivity index (χ4v) is 3.77. The number of benzene rings is 1. The van der Waals surface area contributed by atoms with E-state index in [-0.39, 0.29) is 5.92 Å². The average molecular weight is 283 g/mol. The Bertz CT molecular complexity index is 454. The Morgan fingerprint density at radius 2 is 1.86 bits per heavy atom. The molecule has 1 nitrogen and oxygen atoms in total. The summed E-state index contributed by atoms with van der Waals surface area (Å²) in [6, 6.07) is 11.7. The molecule has 21 heavy (non-hydrogen) atoms. The van der Waals surface area contributed by atoms with Gasteiger partial charge in [0.05, 0.1) is 12.0 Å². The van der Waals surface area contributed by atoms with Crippen molar-refractivity contribution in [1.82, 2.24) is 0 Å². The van der Waals surface area contributed by atoms with Crippen molar-refractivity contribution in [2.45, 2.75) is 71.1 Å². The summed E-state index contributed by atoms with van der Waals surface area (Å²) in [6.45, 7) is 4.47. The first kappa shape index (κ1) is 16.1. The van der Waals surface area contributed by atoms with Gasteiger partial charge in [0.1, 0.15) is 0 Å². The number of hydrogen-bond donors (Lipinski definition) is 0. The van der Waals surface area contributed by atoms with Gasteiger partial charge in [-0.15, -0.1) is 0 Å². The molecular weight excluding hydrogens is 254 g/mol. The minimum atomic E-state index is 0.220. The molecule has 0 spiro atoms. The van der Waals surface area contributed by atoms with Crippen LogP contribution in [0.5, 0.6) is 0 Å². The highest BCUT2D eigenvalue weighted by Crippen LogP contribution is 2.41. The molecule has 1 aliphatic rings. The molecule has 0 aliphatic heterocycles. The summed E-state index contributed by atoms with van der Waals surface area (Å²) < 4.78 is 0. The SMILES string of the molecule is CCCCC1CCC(c2ccc(CCC)cc2)C(C#N)C1. The third kappa shape index (κ3) is 4.34. The quantitative estimate of drug-likeness (QED) is 0.642. The molecule has 3 unspecified atom stereocenters. The molecule has 0 heterocycles. The van der Waals surface area contributed by atoms with Gasteiger partial charge in [0, 0.05) is 0 Å². The molecule has 1 saturated carbocycles. The summed E-state index contributed by atoms with van der Waals surface area (Å²) in [4.78, 5) is 0. The van der Waals surface area contributed by atoms with Crippen LogP contribution >= 0.6 is 0 Å². The standard InChI is InChI=1S/C20H29N/c1-3-5-7-17-10-13-20(19(14-17)15-21)18-11-8-16(6-4-2)9-12-18/h8-9,11-12,17,19-20H,3-7,10,13-14H2,1-2H3. The van der Waals surface area contributed by atoms with E-state index in [2.05, 4.69) is 44.2 Å². The van der Waals surface area contributed by atoms with Crippen molar-refractivity contribution in [3.05, 3.63) is 35.4 Å². The highest BCUT2D eigenvalue weighted by molar-refractivity contribution is 5.27. The van der Waals surface area contributed by atoms with Crippen LogP contribution < -0.4 is 0 Å². The van der Waals surface area contributed by atoms with Crippen LogP contribution in [0.15, 0.2) is 24.3 Å². The highest BCUT2D eigenvalue weighted by Gasteiger charge is 2.31. The fourth-order valence-electron chi connectivity index (χ4n) is 3.77. The Kier molecular flexibility index (Phi) is 6.30. The van der Waals surface area contributed by atoms with E-state index in [1.165, 1.54) is 49.7 Å². The Morgan fingerprint density at radius 1 is 1.10 bits per heavy atom. The largest absolute Gasteiger partial charge is 0.198 e. The van der Waals surface area contributed by atoms with Gasteiger partial charge in [-0.05, 0) is 48.6 Å². The van der Waals surface area contributed by atoms with Gasteiger partial charge in [-0.1, -0.05) is 63.8 Å². The zero-order chi connectivity index (χ0) is 15.1. The molecule has 0 amide bonds. The first-order chi connectivity index (χ1) is 10.3. The van der Waals surface area contributed by atoms with Gasteiger partial charge in [0.15, 0.2) is 0 Å². The molecular formula is C20H29N. The highest BCUT2D eigenvalue weighted by atomic mass is 14.4. The van der Waals surface area contributed by atoms with Crippen molar-refractivity contribution in [2.75, 3.05) is 0 Å². The average Bonchev–Trinajstić information content (AvgIpc) is 2.54. The Balaban J connectivity index is 2.01. The van der Waals surface area contributed by atoms with Crippen LogP contribution in [0.4, 0.5) is 0 Å². The maximum Gasteiger partial charge on any atom is 0.0662 e. The number of nitrogens with zero attached hydrogens (tertiary/aromatic N) is 1. The van der Waals surface area contributed by atoms with Crippen molar-refractivity contribution in [1.29, 1.82) is 5.26 Å². The van der Waals surface area contributed by atoms with E-state index in [1.807, 2.05) is 0 Å². The van der Waals surface area contributed by atoms with Crippen molar-refractivity contribution in [3.63, 3.8) is 0 Å². The zero-order valence-electron chi connectivity index (χ0n) is 13.6. The molecule has 114 valence electrons. The Morgan fingerprint density at radius 3 is 2.48 bits per heavy atom. The molecule has 0 aromatic heterocycles. The smallest absolute Gasteiger partial charge is 0.0662 e. The molecule has 1 aromatic carbocycles. The molecule has 0 saturated heterocycles. The fraction of sp³-hybridized carbons (Fsp3) is 0.650. The number of nitriles is 1. The summed E-state index contributed by atoms with van der Waals surface area (Å²) in [7, 11) is 0. The molecule has 2 rings (SSSR count). The predicted octanol–water partition coefficient (Wildman–Crippen LogP) is 5.85. The van der Waals surface area contributed by atoms with Crippen LogP contribution in [0.25, 0.3) is 0 Å². The molecule has 0 N–H and O–H groups in total. The number of unbranched alkanes of at least 4 members (excludes halogenated alkanes) is 1. The minimum Gasteiger partial charge on any atom is -0.198 e. The monoisotopic (exact) mass is 283 g/mol. The van der Waals surface area contributed by atoms with Gasteiger partial charge in [-0.25, -0.2) is 0 Å². The lowest BCUT2D eigenvalue weighted by atomic mass is 9.70. The van der Waals surface area contributed by atoms with Gasteiger partial charge in [0.2, 0.25) is 0 Å². The molecule has 1 aliphatic carbocycles. The van der Waals surface area contributed by atoms with Crippen LogP contribution in [0.2, 0.25) is 0 Å². The van der Waals surface area contributed by atoms with Crippen molar-refractivity contribution in [3.8, 4) is 6.07 Å². The van der Waals surface area contributed by atoms with E-state index in [4.69, 9.17) is 0 Å². The van der Waals surface area contributed by atoms with Gasteiger partial charge in [0.25, 0.3) is 0 Å². The second-order valence-corrected chi connectivity index (χ2v) is 6.65. The molecule has 1 heteroatoms. The summed E-state index contributed by atoms with van der Waals surface area (Å²) in [5, 5.41) is 9.55. The van der Waals surface area contributed by atoms with E-state index in [0.717, 1.165) is 18.8 Å². The van der Waals surface area contributed by atoms with Crippen molar-refractivity contribution >= 4 is 0 Å². The maximum atomic E-state index is 9.55. The molecule has 0 radical (unpaired) electrons. The number of rotatable bonds is 6. The second-order valence-electron chi connectivity index (χ2n) is 6.65. The molecule has 1 aromatic rings. The van der Waals surface area contributed by atoms with Gasteiger partial charge < -0.3 is 0 Å². The lowest BCUT2D eigenvalue weighted by Crippen LogP contribution is -2.22. The van der Waals surface area contributed by atoms with Crippen LogP contribution in [-0.2, 0) is 6.42 Å².